The van der Waals surface area contributed by atoms with Crippen LogP contribution in [-0.2, 0) is 4.74 Å². The molecule has 15 heavy (non-hydrogen) atoms. The molecule has 0 aliphatic carbocycles. The first-order valence-electron chi connectivity index (χ1n) is 5.00. The van der Waals surface area contributed by atoms with Crippen LogP contribution in [0.1, 0.15) is 24.5 Å². The predicted octanol–water partition coefficient (Wildman–Crippen LogP) is 3.28. The molecule has 0 bridgehead atoms. The lowest BCUT2D eigenvalue weighted by molar-refractivity contribution is 0.000201. The molecule has 1 heterocycles. The Balaban J connectivity index is 2.27. The van der Waals surface area contributed by atoms with E-state index in [-0.39, 0.29) is 12.1 Å². The molecule has 4 heteroatoms. The highest BCUT2D eigenvalue weighted by atomic mass is 79.9. The summed E-state index contributed by atoms with van der Waals surface area (Å²) in [5.41, 5.74) is 7.02. The second-order valence-electron chi connectivity index (χ2n) is 3.76. The van der Waals surface area contributed by atoms with Crippen LogP contribution in [0.3, 0.4) is 0 Å². The molecule has 2 rings (SSSR count). The lowest BCUT2D eigenvalue weighted by atomic mass is 9.97. The zero-order valence-corrected chi connectivity index (χ0v) is 10.6. The van der Waals surface area contributed by atoms with Gasteiger partial charge >= 0.3 is 0 Å². The van der Waals surface area contributed by atoms with Gasteiger partial charge in [0, 0.05) is 27.7 Å². The third-order valence-corrected chi connectivity index (χ3v) is 3.46. The van der Waals surface area contributed by atoms with Gasteiger partial charge in [-0.05, 0) is 25.0 Å². The van der Waals surface area contributed by atoms with Crippen molar-refractivity contribution < 1.29 is 4.74 Å². The molecule has 0 radical (unpaired) electrons. The molecular formula is C11H13BrClNO. The van der Waals surface area contributed by atoms with Crippen molar-refractivity contribution in [3.05, 3.63) is 33.3 Å². The maximum atomic E-state index is 6.16. The molecule has 2 nitrogen and oxygen atoms in total. The molecule has 0 aromatic heterocycles. The smallest absolute Gasteiger partial charge is 0.0990 e. The van der Waals surface area contributed by atoms with E-state index in [1.54, 1.807) is 0 Å². The van der Waals surface area contributed by atoms with Crippen molar-refractivity contribution in [1.82, 2.24) is 0 Å². The van der Waals surface area contributed by atoms with Gasteiger partial charge in [0.1, 0.15) is 0 Å². The first kappa shape index (κ1) is 11.4. The van der Waals surface area contributed by atoms with Gasteiger partial charge in [0.05, 0.1) is 6.10 Å². The van der Waals surface area contributed by atoms with Crippen LogP contribution < -0.4 is 5.73 Å². The van der Waals surface area contributed by atoms with Crippen LogP contribution in [0.4, 0.5) is 0 Å². The molecule has 0 spiro atoms. The van der Waals surface area contributed by atoms with Gasteiger partial charge in [-0.1, -0.05) is 33.6 Å². The zero-order chi connectivity index (χ0) is 10.8. The summed E-state index contributed by atoms with van der Waals surface area (Å²) in [6, 6.07) is 5.87. The number of hydrogen-bond donors (Lipinski definition) is 1. The lowest BCUT2D eigenvalue weighted by Crippen LogP contribution is -2.34. The number of hydrogen-bond acceptors (Lipinski definition) is 2. The van der Waals surface area contributed by atoms with Crippen molar-refractivity contribution >= 4 is 27.5 Å². The Kier molecular flexibility index (Phi) is 3.67. The van der Waals surface area contributed by atoms with Crippen molar-refractivity contribution in [1.29, 1.82) is 0 Å². The molecule has 2 N–H and O–H groups in total. The fourth-order valence-electron chi connectivity index (χ4n) is 1.86. The fourth-order valence-corrected chi connectivity index (χ4v) is 2.64. The standard InChI is InChI=1S/C11H13BrClNO/c12-7-3-4-8(9(13)6-7)11-10(14)2-1-5-15-11/h3-4,6,10-11H,1-2,5,14H2. The largest absolute Gasteiger partial charge is 0.372 e. The van der Waals surface area contributed by atoms with Crippen molar-refractivity contribution in [3.63, 3.8) is 0 Å². The first-order valence-corrected chi connectivity index (χ1v) is 6.17. The van der Waals surface area contributed by atoms with Crippen LogP contribution >= 0.6 is 27.5 Å². The van der Waals surface area contributed by atoms with Gasteiger partial charge in [0.25, 0.3) is 0 Å². The molecule has 1 aliphatic heterocycles. The lowest BCUT2D eigenvalue weighted by Gasteiger charge is -2.29. The normalized spacial score (nSPS) is 26.6. The van der Waals surface area contributed by atoms with Crippen LogP contribution in [-0.4, -0.2) is 12.6 Å². The van der Waals surface area contributed by atoms with Crippen LogP contribution in [0.15, 0.2) is 22.7 Å². The Labute approximate surface area is 103 Å². The molecule has 1 aliphatic rings. The molecule has 0 amide bonds. The molecule has 1 fully saturated rings. The second kappa shape index (κ2) is 4.83. The number of benzene rings is 1. The van der Waals surface area contributed by atoms with Gasteiger partial charge in [-0.25, -0.2) is 0 Å². The minimum absolute atomic E-state index is 0.0532. The summed E-state index contributed by atoms with van der Waals surface area (Å²) in [6.07, 6.45) is 1.97. The van der Waals surface area contributed by atoms with Crippen molar-refractivity contribution in [3.8, 4) is 0 Å². The molecule has 1 aromatic rings. The van der Waals surface area contributed by atoms with E-state index in [1.807, 2.05) is 18.2 Å². The number of halogens is 2. The van der Waals surface area contributed by atoms with Crippen LogP contribution in [0.25, 0.3) is 0 Å². The third kappa shape index (κ3) is 2.53. The fraction of sp³-hybridized carbons (Fsp3) is 0.455. The minimum atomic E-state index is -0.0562. The van der Waals surface area contributed by atoms with E-state index in [1.165, 1.54) is 0 Å². The minimum Gasteiger partial charge on any atom is -0.372 e. The zero-order valence-electron chi connectivity index (χ0n) is 8.25. The topological polar surface area (TPSA) is 35.2 Å². The molecule has 0 saturated carbocycles. The van der Waals surface area contributed by atoms with E-state index in [2.05, 4.69) is 15.9 Å². The van der Waals surface area contributed by atoms with Gasteiger partial charge in [0.15, 0.2) is 0 Å². The van der Waals surface area contributed by atoms with E-state index >= 15 is 0 Å². The quantitative estimate of drug-likeness (QED) is 0.861. The maximum absolute atomic E-state index is 6.16. The van der Waals surface area contributed by atoms with E-state index in [0.29, 0.717) is 5.02 Å². The molecule has 2 atom stereocenters. The summed E-state index contributed by atoms with van der Waals surface area (Å²) >= 11 is 9.54. The number of nitrogens with two attached hydrogens (primary N) is 1. The van der Waals surface area contributed by atoms with Gasteiger partial charge in [-0.2, -0.15) is 0 Å². The highest BCUT2D eigenvalue weighted by Gasteiger charge is 2.25. The van der Waals surface area contributed by atoms with Gasteiger partial charge in [-0.3, -0.25) is 0 Å². The summed E-state index contributed by atoms with van der Waals surface area (Å²) < 4.78 is 6.65. The van der Waals surface area contributed by atoms with Gasteiger partial charge < -0.3 is 10.5 Å². The monoisotopic (exact) mass is 289 g/mol. The Morgan fingerprint density at radius 3 is 2.93 bits per heavy atom. The Morgan fingerprint density at radius 1 is 1.47 bits per heavy atom. The SMILES string of the molecule is NC1CCCOC1c1ccc(Br)cc1Cl. The van der Waals surface area contributed by atoms with Gasteiger partial charge in [-0.15, -0.1) is 0 Å². The van der Waals surface area contributed by atoms with Crippen LogP contribution in [0, 0.1) is 0 Å². The molecule has 82 valence electrons. The summed E-state index contributed by atoms with van der Waals surface area (Å²) in [7, 11) is 0. The van der Waals surface area contributed by atoms with E-state index < -0.39 is 0 Å². The van der Waals surface area contributed by atoms with Crippen molar-refractivity contribution in [2.24, 2.45) is 5.73 Å². The summed E-state index contributed by atoms with van der Waals surface area (Å²) in [6.45, 7) is 0.769. The predicted molar refractivity (Wildman–Crippen MR) is 65.1 cm³/mol. The van der Waals surface area contributed by atoms with E-state index in [0.717, 1.165) is 29.5 Å². The van der Waals surface area contributed by atoms with E-state index in [9.17, 15) is 0 Å². The summed E-state index contributed by atoms with van der Waals surface area (Å²) in [5.74, 6) is 0. The number of rotatable bonds is 1. The number of ether oxygens (including phenoxy) is 1. The Morgan fingerprint density at radius 2 is 2.27 bits per heavy atom. The van der Waals surface area contributed by atoms with Crippen LogP contribution in [0.2, 0.25) is 5.02 Å². The molecule has 2 unspecified atom stereocenters. The molecule has 1 aromatic carbocycles. The summed E-state index contributed by atoms with van der Waals surface area (Å²) in [4.78, 5) is 0. The average Bonchev–Trinajstić information content (AvgIpc) is 2.20. The van der Waals surface area contributed by atoms with Crippen molar-refractivity contribution in [2.75, 3.05) is 6.61 Å². The maximum Gasteiger partial charge on any atom is 0.0990 e. The molecule has 1 saturated heterocycles. The average molecular weight is 291 g/mol. The highest BCUT2D eigenvalue weighted by molar-refractivity contribution is 9.10. The van der Waals surface area contributed by atoms with Gasteiger partial charge in [0.2, 0.25) is 0 Å². The second-order valence-corrected chi connectivity index (χ2v) is 5.09. The Bertz CT molecular complexity index is 358. The van der Waals surface area contributed by atoms with E-state index in [4.69, 9.17) is 22.1 Å². The highest BCUT2D eigenvalue weighted by Crippen LogP contribution is 2.33. The molecular weight excluding hydrogens is 277 g/mol. The summed E-state index contributed by atoms with van der Waals surface area (Å²) in [5, 5.41) is 0.715. The Hall–Kier alpha value is -0.0900. The first-order chi connectivity index (χ1) is 7.18. The van der Waals surface area contributed by atoms with Crippen LogP contribution in [0.5, 0.6) is 0 Å². The third-order valence-electron chi connectivity index (χ3n) is 2.64. The van der Waals surface area contributed by atoms with Crippen molar-refractivity contribution in [2.45, 2.75) is 25.0 Å².